The van der Waals surface area contributed by atoms with Gasteiger partial charge in [-0.25, -0.2) is 0 Å². The summed E-state index contributed by atoms with van der Waals surface area (Å²) >= 11 is 0. The lowest BCUT2D eigenvalue weighted by Gasteiger charge is -2.07. The van der Waals surface area contributed by atoms with Gasteiger partial charge in [0.1, 0.15) is 11.5 Å². The Labute approximate surface area is 174 Å². The highest BCUT2D eigenvalue weighted by Crippen LogP contribution is 2.23. The largest absolute Gasteiger partial charge is 0.497 e. The fourth-order valence-electron chi connectivity index (χ4n) is 2.71. The number of nitrogens with one attached hydrogen (secondary N) is 2. The normalized spacial score (nSPS) is 10.6. The first kappa shape index (κ1) is 20.7. The molecule has 0 atom stereocenters. The minimum absolute atomic E-state index is 0.230. The molecule has 0 aliphatic heterocycles. The highest BCUT2D eigenvalue weighted by molar-refractivity contribution is 6.02. The van der Waals surface area contributed by atoms with Crippen molar-refractivity contribution < 1.29 is 23.5 Å². The molecular weight excluding hydrogens is 384 g/mol. The molecule has 0 saturated carbocycles. The zero-order chi connectivity index (χ0) is 21.3. The monoisotopic (exact) mass is 406 g/mol. The number of carbonyl (C=O) groups is 2. The van der Waals surface area contributed by atoms with Crippen molar-refractivity contribution in [1.29, 1.82) is 0 Å². The molecule has 0 aliphatic rings. The molecule has 0 spiro atoms. The van der Waals surface area contributed by atoms with Gasteiger partial charge >= 0.3 is 0 Å². The van der Waals surface area contributed by atoms with E-state index in [9.17, 15) is 9.59 Å². The lowest BCUT2D eigenvalue weighted by atomic mass is 10.1. The summed E-state index contributed by atoms with van der Waals surface area (Å²) in [6.45, 7) is 0.315. The van der Waals surface area contributed by atoms with Gasteiger partial charge in [-0.3, -0.25) is 9.59 Å². The van der Waals surface area contributed by atoms with Crippen LogP contribution in [0.3, 0.4) is 0 Å². The standard InChI is InChI=1S/C23H22N2O5/c1-28-19-12-16(13-20(14-19)29-2)8-9-22(26)24-15-17-5-3-6-18(11-17)25-23(27)21-7-4-10-30-21/h3-14H,15H2,1-2H3,(H,24,26)(H,25,27)/b9-8+. The number of amides is 2. The zero-order valence-electron chi connectivity index (χ0n) is 16.7. The highest BCUT2D eigenvalue weighted by Gasteiger charge is 2.09. The van der Waals surface area contributed by atoms with E-state index >= 15 is 0 Å². The van der Waals surface area contributed by atoms with Crippen molar-refractivity contribution in [3.05, 3.63) is 83.8 Å². The van der Waals surface area contributed by atoms with E-state index in [2.05, 4.69) is 10.6 Å². The third kappa shape index (κ3) is 5.75. The predicted molar refractivity (Wildman–Crippen MR) is 114 cm³/mol. The molecule has 30 heavy (non-hydrogen) atoms. The predicted octanol–water partition coefficient (Wildman–Crippen LogP) is 3.88. The number of hydrogen-bond donors (Lipinski definition) is 2. The molecule has 154 valence electrons. The van der Waals surface area contributed by atoms with E-state index in [4.69, 9.17) is 13.9 Å². The lowest BCUT2D eigenvalue weighted by molar-refractivity contribution is -0.116. The highest BCUT2D eigenvalue weighted by atomic mass is 16.5. The summed E-state index contributed by atoms with van der Waals surface area (Å²) in [5.41, 5.74) is 2.24. The third-order valence-electron chi connectivity index (χ3n) is 4.20. The molecule has 0 fully saturated rings. The molecule has 7 nitrogen and oxygen atoms in total. The fourth-order valence-corrected chi connectivity index (χ4v) is 2.71. The maximum Gasteiger partial charge on any atom is 0.291 e. The van der Waals surface area contributed by atoms with Gasteiger partial charge in [-0.2, -0.15) is 0 Å². The van der Waals surface area contributed by atoms with Crippen LogP contribution < -0.4 is 20.1 Å². The molecule has 1 heterocycles. The molecule has 2 N–H and O–H groups in total. The van der Waals surface area contributed by atoms with Crippen molar-refractivity contribution in [1.82, 2.24) is 5.32 Å². The Kier molecular flexibility index (Phi) is 6.89. The van der Waals surface area contributed by atoms with Gasteiger partial charge < -0.3 is 24.5 Å². The number of anilines is 1. The molecule has 0 saturated heterocycles. The molecule has 0 radical (unpaired) electrons. The van der Waals surface area contributed by atoms with Crippen LogP contribution in [-0.4, -0.2) is 26.0 Å². The number of rotatable bonds is 8. The second-order valence-corrected chi connectivity index (χ2v) is 6.33. The third-order valence-corrected chi connectivity index (χ3v) is 4.20. The number of benzene rings is 2. The van der Waals surface area contributed by atoms with Crippen LogP contribution in [0.25, 0.3) is 6.08 Å². The van der Waals surface area contributed by atoms with Gasteiger partial charge in [-0.05, 0) is 53.6 Å². The van der Waals surface area contributed by atoms with Crippen molar-refractivity contribution in [2.45, 2.75) is 6.54 Å². The molecule has 7 heteroatoms. The van der Waals surface area contributed by atoms with E-state index in [-0.39, 0.29) is 17.6 Å². The lowest BCUT2D eigenvalue weighted by Crippen LogP contribution is -2.20. The van der Waals surface area contributed by atoms with Gasteiger partial charge in [0.25, 0.3) is 5.91 Å². The summed E-state index contributed by atoms with van der Waals surface area (Å²) in [5.74, 6) is 0.929. The average molecular weight is 406 g/mol. The second-order valence-electron chi connectivity index (χ2n) is 6.33. The van der Waals surface area contributed by atoms with Gasteiger partial charge in [-0.15, -0.1) is 0 Å². The number of hydrogen-bond acceptors (Lipinski definition) is 5. The molecule has 1 aromatic heterocycles. The smallest absolute Gasteiger partial charge is 0.291 e. The van der Waals surface area contributed by atoms with Gasteiger partial charge in [0.05, 0.1) is 20.5 Å². The number of carbonyl (C=O) groups excluding carboxylic acids is 2. The zero-order valence-corrected chi connectivity index (χ0v) is 16.7. The Morgan fingerprint density at radius 2 is 1.77 bits per heavy atom. The molecule has 2 amide bonds. The molecule has 0 aliphatic carbocycles. The molecule has 3 rings (SSSR count). The Morgan fingerprint density at radius 3 is 2.43 bits per heavy atom. The first-order valence-electron chi connectivity index (χ1n) is 9.20. The molecule has 0 unspecified atom stereocenters. The van der Waals surface area contributed by atoms with E-state index in [1.54, 1.807) is 68.8 Å². The van der Waals surface area contributed by atoms with Crippen molar-refractivity contribution >= 4 is 23.6 Å². The van der Waals surface area contributed by atoms with Crippen LogP contribution in [0.5, 0.6) is 11.5 Å². The molecule has 2 aromatic carbocycles. The first-order valence-corrected chi connectivity index (χ1v) is 9.20. The van der Waals surface area contributed by atoms with Crippen LogP contribution in [0.1, 0.15) is 21.7 Å². The van der Waals surface area contributed by atoms with Crippen LogP contribution in [0.4, 0.5) is 5.69 Å². The molecule has 3 aromatic rings. The Hall–Kier alpha value is -4.00. The summed E-state index contributed by atoms with van der Waals surface area (Å²) in [5, 5.41) is 5.57. The Morgan fingerprint density at radius 1 is 1.00 bits per heavy atom. The van der Waals surface area contributed by atoms with Crippen molar-refractivity contribution in [2.75, 3.05) is 19.5 Å². The van der Waals surface area contributed by atoms with Crippen LogP contribution in [0, 0.1) is 0 Å². The molecule has 0 bridgehead atoms. The maximum atomic E-state index is 12.2. The second kappa shape index (κ2) is 9.97. The summed E-state index contributed by atoms with van der Waals surface area (Å²) in [7, 11) is 3.14. The van der Waals surface area contributed by atoms with Gasteiger partial charge in [0.15, 0.2) is 5.76 Å². The SMILES string of the molecule is COc1cc(/C=C/C(=O)NCc2cccc(NC(=O)c3ccco3)c2)cc(OC)c1. The first-order chi connectivity index (χ1) is 14.6. The van der Waals surface area contributed by atoms with Gasteiger partial charge in [0.2, 0.25) is 5.91 Å². The van der Waals surface area contributed by atoms with E-state index < -0.39 is 0 Å². The van der Waals surface area contributed by atoms with Crippen LogP contribution in [0.15, 0.2) is 71.4 Å². The number of methoxy groups -OCH3 is 2. The minimum atomic E-state index is -0.335. The topological polar surface area (TPSA) is 89.8 Å². The van der Waals surface area contributed by atoms with E-state index in [1.165, 1.54) is 12.3 Å². The fraction of sp³-hybridized carbons (Fsp3) is 0.130. The quantitative estimate of drug-likeness (QED) is 0.554. The average Bonchev–Trinajstić information content (AvgIpc) is 3.31. The van der Waals surface area contributed by atoms with Crippen molar-refractivity contribution in [3.8, 4) is 11.5 Å². The maximum absolute atomic E-state index is 12.2. The van der Waals surface area contributed by atoms with Crippen molar-refractivity contribution in [3.63, 3.8) is 0 Å². The van der Waals surface area contributed by atoms with Gasteiger partial charge in [0, 0.05) is 24.4 Å². The van der Waals surface area contributed by atoms with Crippen LogP contribution >= 0.6 is 0 Å². The van der Waals surface area contributed by atoms with Crippen LogP contribution in [0.2, 0.25) is 0 Å². The Bertz CT molecular complexity index is 1020. The summed E-state index contributed by atoms with van der Waals surface area (Å²) < 4.78 is 15.5. The summed E-state index contributed by atoms with van der Waals surface area (Å²) in [4.78, 5) is 24.2. The number of furan rings is 1. The summed E-state index contributed by atoms with van der Waals surface area (Å²) in [6.07, 6.45) is 4.56. The van der Waals surface area contributed by atoms with E-state index in [1.807, 2.05) is 6.07 Å². The summed E-state index contributed by atoms with van der Waals surface area (Å²) in [6, 6.07) is 15.8. The Balaban J connectivity index is 1.57. The number of ether oxygens (including phenoxy) is 2. The molecular formula is C23H22N2O5. The van der Waals surface area contributed by atoms with Crippen molar-refractivity contribution in [2.24, 2.45) is 0 Å². The van der Waals surface area contributed by atoms with E-state index in [0.717, 1.165) is 11.1 Å². The van der Waals surface area contributed by atoms with E-state index in [0.29, 0.717) is 23.7 Å². The minimum Gasteiger partial charge on any atom is -0.497 e. The van der Waals surface area contributed by atoms with Crippen LogP contribution in [-0.2, 0) is 11.3 Å². The van der Waals surface area contributed by atoms with Gasteiger partial charge in [-0.1, -0.05) is 12.1 Å².